The molecule has 2 heterocycles. The number of hydrogen-bond acceptors (Lipinski definition) is 3. The molecule has 2 saturated heterocycles. The zero-order chi connectivity index (χ0) is 18.5. The number of nitrogens with one attached hydrogen (secondary N) is 2. The second-order valence-electron chi connectivity index (χ2n) is 7.74. The minimum absolute atomic E-state index is 0. The summed E-state index contributed by atoms with van der Waals surface area (Å²) >= 11 is 6.44. The standard InChI is InChI=1S/C21H32ClN3O.2ClH/c1-3-25(4-2)20(18-7-5-6-8-19(18)22)14-23-21(26)13-15-11-16-9-10-17(12-15)24-16;;/h5-8,15-17,20,24H,3-4,9-14H2,1-2H3,(H,23,26);2*1H. The van der Waals surface area contributed by atoms with Gasteiger partial charge in [0, 0.05) is 30.1 Å². The summed E-state index contributed by atoms with van der Waals surface area (Å²) in [5.41, 5.74) is 1.10. The molecule has 2 aliphatic heterocycles. The maximum atomic E-state index is 12.6. The van der Waals surface area contributed by atoms with E-state index in [1.54, 1.807) is 0 Å². The van der Waals surface area contributed by atoms with Gasteiger partial charge < -0.3 is 10.6 Å². The number of rotatable bonds is 8. The molecular formula is C21H34Cl3N3O. The Bertz CT molecular complexity index is 600. The number of piperidine rings is 1. The monoisotopic (exact) mass is 449 g/mol. The fourth-order valence-electron chi connectivity index (χ4n) is 4.73. The molecule has 0 aromatic heterocycles. The van der Waals surface area contributed by atoms with Gasteiger partial charge in [0.05, 0.1) is 6.04 Å². The van der Waals surface area contributed by atoms with E-state index in [1.807, 2.05) is 18.2 Å². The highest BCUT2D eigenvalue weighted by Gasteiger charge is 2.34. The summed E-state index contributed by atoms with van der Waals surface area (Å²) < 4.78 is 0. The molecule has 160 valence electrons. The van der Waals surface area contributed by atoms with Crippen LogP contribution in [0.5, 0.6) is 0 Å². The van der Waals surface area contributed by atoms with Gasteiger partial charge in [0.2, 0.25) is 5.91 Å². The van der Waals surface area contributed by atoms with Crippen LogP contribution in [0.3, 0.4) is 0 Å². The van der Waals surface area contributed by atoms with Gasteiger partial charge in [-0.2, -0.15) is 0 Å². The highest BCUT2D eigenvalue weighted by molar-refractivity contribution is 6.31. The van der Waals surface area contributed by atoms with Gasteiger partial charge in [-0.1, -0.05) is 43.6 Å². The van der Waals surface area contributed by atoms with Crippen LogP contribution in [-0.2, 0) is 4.79 Å². The van der Waals surface area contributed by atoms with Gasteiger partial charge in [0.15, 0.2) is 0 Å². The quantitative estimate of drug-likeness (QED) is 0.608. The number of hydrogen-bond donors (Lipinski definition) is 2. The number of benzene rings is 1. The smallest absolute Gasteiger partial charge is 0.220 e. The molecule has 3 rings (SSSR count). The summed E-state index contributed by atoms with van der Waals surface area (Å²) in [6, 6.07) is 9.37. The van der Waals surface area contributed by atoms with Crippen LogP contribution in [0.4, 0.5) is 0 Å². The van der Waals surface area contributed by atoms with E-state index in [0.29, 0.717) is 31.0 Å². The van der Waals surface area contributed by atoms with Crippen molar-refractivity contribution in [2.45, 2.75) is 64.1 Å². The Hall–Kier alpha value is -0.520. The van der Waals surface area contributed by atoms with E-state index < -0.39 is 0 Å². The second kappa shape index (κ2) is 12.2. The number of halogens is 3. The normalized spacial score (nSPS) is 24.2. The lowest BCUT2D eigenvalue weighted by Crippen LogP contribution is -2.41. The van der Waals surface area contributed by atoms with Crippen molar-refractivity contribution in [3.05, 3.63) is 34.9 Å². The fourth-order valence-corrected chi connectivity index (χ4v) is 4.99. The molecule has 1 aromatic rings. The Morgan fingerprint density at radius 2 is 1.79 bits per heavy atom. The zero-order valence-corrected chi connectivity index (χ0v) is 19.2. The maximum Gasteiger partial charge on any atom is 0.220 e. The number of likely N-dealkylation sites (N-methyl/N-ethyl adjacent to an activating group) is 1. The van der Waals surface area contributed by atoms with Crippen LogP contribution < -0.4 is 10.6 Å². The molecule has 0 saturated carbocycles. The highest BCUT2D eigenvalue weighted by Crippen LogP contribution is 2.32. The summed E-state index contributed by atoms with van der Waals surface area (Å²) in [5.74, 6) is 0.710. The number of carbonyl (C=O) groups is 1. The molecule has 2 N–H and O–H groups in total. The van der Waals surface area contributed by atoms with Crippen molar-refractivity contribution in [1.82, 2.24) is 15.5 Å². The third kappa shape index (κ3) is 6.50. The maximum absolute atomic E-state index is 12.6. The predicted molar refractivity (Wildman–Crippen MR) is 122 cm³/mol. The van der Waals surface area contributed by atoms with Crippen molar-refractivity contribution in [3.63, 3.8) is 0 Å². The van der Waals surface area contributed by atoms with Gasteiger partial charge in [-0.25, -0.2) is 0 Å². The van der Waals surface area contributed by atoms with E-state index in [2.05, 4.69) is 35.4 Å². The fraction of sp³-hybridized carbons (Fsp3) is 0.667. The number of carbonyl (C=O) groups excluding carboxylic acids is 1. The van der Waals surface area contributed by atoms with Crippen molar-refractivity contribution < 1.29 is 4.79 Å². The first-order valence-corrected chi connectivity index (χ1v) is 10.5. The average Bonchev–Trinajstić information content (AvgIpc) is 2.98. The van der Waals surface area contributed by atoms with E-state index in [-0.39, 0.29) is 36.8 Å². The Morgan fingerprint density at radius 3 is 2.36 bits per heavy atom. The highest BCUT2D eigenvalue weighted by atomic mass is 35.5. The van der Waals surface area contributed by atoms with Crippen LogP contribution in [0.1, 0.15) is 57.6 Å². The van der Waals surface area contributed by atoms with Gasteiger partial charge in [0.1, 0.15) is 0 Å². The van der Waals surface area contributed by atoms with Crippen molar-refractivity contribution in [2.75, 3.05) is 19.6 Å². The van der Waals surface area contributed by atoms with E-state index in [0.717, 1.165) is 36.5 Å². The second-order valence-corrected chi connectivity index (χ2v) is 8.15. The molecule has 3 unspecified atom stereocenters. The first-order valence-electron chi connectivity index (χ1n) is 10.1. The van der Waals surface area contributed by atoms with Crippen LogP contribution in [0.25, 0.3) is 0 Å². The molecule has 0 radical (unpaired) electrons. The number of amides is 1. The molecule has 2 bridgehead atoms. The molecule has 7 heteroatoms. The molecule has 28 heavy (non-hydrogen) atoms. The van der Waals surface area contributed by atoms with Crippen molar-refractivity contribution >= 4 is 42.3 Å². The average molecular weight is 451 g/mol. The van der Waals surface area contributed by atoms with Crippen LogP contribution in [0.15, 0.2) is 24.3 Å². The molecule has 1 aromatic carbocycles. The number of fused-ring (bicyclic) bond motifs is 2. The van der Waals surface area contributed by atoms with Crippen LogP contribution in [0, 0.1) is 5.92 Å². The molecular weight excluding hydrogens is 417 g/mol. The van der Waals surface area contributed by atoms with Crippen molar-refractivity contribution in [3.8, 4) is 0 Å². The van der Waals surface area contributed by atoms with Crippen molar-refractivity contribution in [2.24, 2.45) is 5.92 Å². The lowest BCUT2D eigenvalue weighted by Gasteiger charge is -2.32. The molecule has 3 atom stereocenters. The van der Waals surface area contributed by atoms with Gasteiger partial charge in [0.25, 0.3) is 0 Å². The Kier molecular flexibility index (Phi) is 11.2. The Labute approximate surface area is 187 Å². The predicted octanol–water partition coefficient (Wildman–Crippen LogP) is 4.60. The van der Waals surface area contributed by atoms with Crippen LogP contribution >= 0.6 is 36.4 Å². The van der Waals surface area contributed by atoms with E-state index in [4.69, 9.17) is 11.6 Å². The summed E-state index contributed by atoms with van der Waals surface area (Å²) in [7, 11) is 0. The SMILES string of the molecule is CCN(CC)C(CNC(=O)CC1CC2CCC(C1)N2)c1ccccc1Cl.Cl.Cl. The zero-order valence-electron chi connectivity index (χ0n) is 16.8. The van der Waals surface area contributed by atoms with E-state index in [1.165, 1.54) is 12.8 Å². The molecule has 4 nitrogen and oxygen atoms in total. The lowest BCUT2D eigenvalue weighted by atomic mass is 9.89. The minimum Gasteiger partial charge on any atom is -0.354 e. The molecule has 1 amide bonds. The summed E-state index contributed by atoms with van der Waals surface area (Å²) in [4.78, 5) is 14.9. The van der Waals surface area contributed by atoms with Crippen molar-refractivity contribution in [1.29, 1.82) is 0 Å². The number of nitrogens with zero attached hydrogens (tertiary/aromatic N) is 1. The first-order chi connectivity index (χ1) is 12.6. The topological polar surface area (TPSA) is 44.4 Å². The van der Waals surface area contributed by atoms with Gasteiger partial charge in [-0.15, -0.1) is 24.8 Å². The molecule has 0 spiro atoms. The third-order valence-corrected chi connectivity index (χ3v) is 6.40. The molecule has 0 aliphatic carbocycles. The van der Waals surface area contributed by atoms with Gasteiger partial charge >= 0.3 is 0 Å². The first kappa shape index (κ1) is 25.5. The Morgan fingerprint density at radius 1 is 1.18 bits per heavy atom. The third-order valence-electron chi connectivity index (χ3n) is 6.05. The summed E-state index contributed by atoms with van der Waals surface area (Å²) in [6.07, 6.45) is 5.50. The molecule has 2 fully saturated rings. The Balaban J connectivity index is 0.00000196. The van der Waals surface area contributed by atoms with Gasteiger partial charge in [-0.05, 0) is 56.3 Å². The minimum atomic E-state index is 0. The van der Waals surface area contributed by atoms with E-state index in [9.17, 15) is 4.79 Å². The van der Waals surface area contributed by atoms with Crippen LogP contribution in [-0.4, -0.2) is 42.5 Å². The van der Waals surface area contributed by atoms with Gasteiger partial charge in [-0.3, -0.25) is 9.69 Å². The molecule has 2 aliphatic rings. The van der Waals surface area contributed by atoms with E-state index >= 15 is 0 Å². The lowest BCUT2D eigenvalue weighted by molar-refractivity contribution is -0.122. The van der Waals surface area contributed by atoms with Crippen LogP contribution in [0.2, 0.25) is 5.02 Å². The summed E-state index contributed by atoms with van der Waals surface area (Å²) in [6.45, 7) is 6.78. The summed E-state index contributed by atoms with van der Waals surface area (Å²) in [5, 5.41) is 7.62. The largest absolute Gasteiger partial charge is 0.354 e.